The molecule has 0 atom stereocenters. The summed E-state index contributed by atoms with van der Waals surface area (Å²) in [5.74, 6) is 2.01. The van der Waals surface area contributed by atoms with Crippen molar-refractivity contribution in [2.45, 2.75) is 0 Å². The Morgan fingerprint density at radius 2 is 0.959 bits per heavy atom. The maximum Gasteiger partial charge on any atom is 0.164 e. The number of rotatable bonds is 3. The van der Waals surface area contributed by atoms with E-state index in [9.17, 15) is 0 Å². The van der Waals surface area contributed by atoms with Gasteiger partial charge in [-0.1, -0.05) is 133 Å². The molecule has 8 aromatic carbocycles. The molecular weight excluding hydrogens is 615 g/mol. The molecule has 10 aromatic rings. The fourth-order valence-electron chi connectivity index (χ4n) is 7.91. The lowest BCUT2D eigenvalue weighted by Gasteiger charge is -2.13. The number of hydrogen-bond donors (Lipinski definition) is 0. The molecule has 0 saturated carbocycles. The SMILES string of the molecule is c1ccc(-c2nc(-c3cc4ccccc4c4ccccc34)nc(-c3cccc4sc5c6cccc7c6c(cc5c34)-c3ccccc3-7)n2)cc1. The van der Waals surface area contributed by atoms with E-state index in [-0.39, 0.29) is 0 Å². The predicted molar refractivity (Wildman–Crippen MR) is 206 cm³/mol. The summed E-state index contributed by atoms with van der Waals surface area (Å²) in [6.45, 7) is 0. The fraction of sp³-hybridized carbons (Fsp3) is 0. The Bertz CT molecular complexity index is 3000. The molecule has 49 heavy (non-hydrogen) atoms. The Morgan fingerprint density at radius 3 is 1.82 bits per heavy atom. The van der Waals surface area contributed by atoms with E-state index in [1.165, 1.54) is 64.0 Å². The van der Waals surface area contributed by atoms with Crippen LogP contribution >= 0.6 is 11.3 Å². The van der Waals surface area contributed by atoms with Crippen molar-refractivity contribution in [3.05, 3.63) is 152 Å². The molecule has 0 aliphatic heterocycles. The molecular formula is C45H25N3S. The van der Waals surface area contributed by atoms with Crippen molar-refractivity contribution in [2.24, 2.45) is 0 Å². The lowest BCUT2D eigenvalue weighted by atomic mass is 9.96. The Kier molecular flexibility index (Phi) is 5.54. The summed E-state index contributed by atoms with van der Waals surface area (Å²) in [6.07, 6.45) is 0. The molecule has 0 saturated heterocycles. The Morgan fingerprint density at radius 1 is 0.347 bits per heavy atom. The van der Waals surface area contributed by atoms with Crippen molar-refractivity contribution in [3.63, 3.8) is 0 Å². The highest BCUT2D eigenvalue weighted by molar-refractivity contribution is 7.26. The Labute approximate surface area is 285 Å². The largest absolute Gasteiger partial charge is 0.208 e. The van der Waals surface area contributed by atoms with E-state index in [0.29, 0.717) is 17.5 Å². The van der Waals surface area contributed by atoms with Crippen LogP contribution in [-0.2, 0) is 0 Å². The van der Waals surface area contributed by atoms with Crippen molar-refractivity contribution < 1.29 is 0 Å². The number of hydrogen-bond acceptors (Lipinski definition) is 4. The lowest BCUT2D eigenvalue weighted by Crippen LogP contribution is -2.01. The molecule has 1 aliphatic carbocycles. The van der Waals surface area contributed by atoms with E-state index in [1.54, 1.807) is 0 Å². The molecule has 2 heterocycles. The van der Waals surface area contributed by atoms with Crippen LogP contribution in [0.3, 0.4) is 0 Å². The Hall–Kier alpha value is -6.23. The number of fused-ring (bicyclic) bond motifs is 10. The number of nitrogens with zero attached hydrogens (tertiary/aromatic N) is 3. The monoisotopic (exact) mass is 639 g/mol. The minimum atomic E-state index is 0.664. The first-order valence-corrected chi connectivity index (χ1v) is 17.4. The lowest BCUT2D eigenvalue weighted by molar-refractivity contribution is 1.08. The number of thiophene rings is 1. The van der Waals surface area contributed by atoms with E-state index in [4.69, 9.17) is 15.0 Å². The summed E-state index contributed by atoms with van der Waals surface area (Å²) in [6, 6.07) is 54.1. The third-order valence-corrected chi connectivity index (χ3v) is 11.2. The van der Waals surface area contributed by atoms with Gasteiger partial charge in [0.25, 0.3) is 0 Å². The van der Waals surface area contributed by atoms with Gasteiger partial charge in [-0.3, -0.25) is 0 Å². The van der Waals surface area contributed by atoms with Crippen molar-refractivity contribution in [2.75, 3.05) is 0 Å². The molecule has 11 rings (SSSR count). The zero-order valence-electron chi connectivity index (χ0n) is 26.2. The van der Waals surface area contributed by atoms with Crippen molar-refractivity contribution in [1.29, 1.82) is 0 Å². The minimum Gasteiger partial charge on any atom is -0.208 e. The first-order chi connectivity index (χ1) is 24.3. The van der Waals surface area contributed by atoms with E-state index in [2.05, 4.69) is 133 Å². The van der Waals surface area contributed by atoms with Gasteiger partial charge in [0, 0.05) is 42.2 Å². The van der Waals surface area contributed by atoms with Gasteiger partial charge in [-0.2, -0.15) is 0 Å². The van der Waals surface area contributed by atoms with E-state index >= 15 is 0 Å². The normalized spacial score (nSPS) is 12.1. The van der Waals surface area contributed by atoms with Crippen LogP contribution in [0.4, 0.5) is 0 Å². The van der Waals surface area contributed by atoms with Crippen LogP contribution in [0.25, 0.3) is 109 Å². The highest BCUT2D eigenvalue weighted by atomic mass is 32.1. The smallest absolute Gasteiger partial charge is 0.164 e. The highest BCUT2D eigenvalue weighted by Crippen LogP contribution is 2.52. The summed E-state index contributed by atoms with van der Waals surface area (Å²) in [7, 11) is 0. The summed E-state index contributed by atoms with van der Waals surface area (Å²) in [5, 5.41) is 9.78. The van der Waals surface area contributed by atoms with Gasteiger partial charge in [-0.05, 0) is 67.4 Å². The molecule has 0 spiro atoms. The van der Waals surface area contributed by atoms with Gasteiger partial charge in [0.15, 0.2) is 17.5 Å². The molecule has 3 nitrogen and oxygen atoms in total. The van der Waals surface area contributed by atoms with Crippen molar-refractivity contribution in [1.82, 2.24) is 15.0 Å². The molecule has 4 heteroatoms. The van der Waals surface area contributed by atoms with Gasteiger partial charge in [0.1, 0.15) is 0 Å². The standard InChI is InChI=1S/C45H25N3S/c1-2-12-26(13-3-1)43-46-44(48-45(47-43)37-24-27-14-4-5-15-28(27)29-16-6-9-19-32(29)37)35-22-11-23-39-41(35)38-25-36-31-18-8-7-17-30(31)33-20-10-21-34(40(33)36)42(38)49-39/h1-25H. The molecule has 2 aromatic heterocycles. The van der Waals surface area contributed by atoms with Crippen LogP contribution in [0, 0.1) is 0 Å². The predicted octanol–water partition coefficient (Wildman–Crippen LogP) is 12.3. The van der Waals surface area contributed by atoms with Crippen LogP contribution in [0.5, 0.6) is 0 Å². The first-order valence-electron chi connectivity index (χ1n) is 16.5. The zero-order chi connectivity index (χ0) is 32.1. The van der Waals surface area contributed by atoms with E-state index in [1.807, 2.05) is 29.5 Å². The molecule has 0 unspecified atom stereocenters. The second-order valence-electron chi connectivity index (χ2n) is 12.7. The second kappa shape index (κ2) is 10.1. The molecule has 0 N–H and O–H groups in total. The van der Waals surface area contributed by atoms with Crippen LogP contribution in [0.2, 0.25) is 0 Å². The third kappa shape index (κ3) is 3.86. The molecule has 226 valence electrons. The summed E-state index contributed by atoms with van der Waals surface area (Å²) in [4.78, 5) is 15.7. The average molecular weight is 640 g/mol. The summed E-state index contributed by atoms with van der Waals surface area (Å²) >= 11 is 1.86. The summed E-state index contributed by atoms with van der Waals surface area (Å²) < 4.78 is 2.53. The molecule has 0 radical (unpaired) electrons. The quantitative estimate of drug-likeness (QED) is 0.181. The highest BCUT2D eigenvalue weighted by Gasteiger charge is 2.25. The van der Waals surface area contributed by atoms with Gasteiger partial charge >= 0.3 is 0 Å². The minimum absolute atomic E-state index is 0.664. The van der Waals surface area contributed by atoms with E-state index < -0.39 is 0 Å². The fourth-order valence-corrected chi connectivity index (χ4v) is 9.15. The van der Waals surface area contributed by atoms with Crippen LogP contribution in [-0.4, -0.2) is 15.0 Å². The summed E-state index contributed by atoms with van der Waals surface area (Å²) in [5.41, 5.74) is 8.20. The average Bonchev–Trinajstić information content (AvgIpc) is 3.72. The topological polar surface area (TPSA) is 38.7 Å². The Balaban J connectivity index is 1.23. The second-order valence-corrected chi connectivity index (χ2v) is 13.8. The maximum absolute atomic E-state index is 5.33. The van der Waals surface area contributed by atoms with Crippen molar-refractivity contribution >= 4 is 63.8 Å². The number of aromatic nitrogens is 3. The van der Waals surface area contributed by atoms with E-state index in [0.717, 1.165) is 27.5 Å². The molecule has 0 bridgehead atoms. The molecule has 0 fully saturated rings. The number of benzene rings is 8. The van der Waals surface area contributed by atoms with Crippen molar-refractivity contribution in [3.8, 4) is 56.4 Å². The first kappa shape index (κ1) is 26.8. The molecule has 0 amide bonds. The van der Waals surface area contributed by atoms with Crippen LogP contribution in [0.15, 0.2) is 152 Å². The van der Waals surface area contributed by atoms with Crippen LogP contribution in [0.1, 0.15) is 0 Å². The van der Waals surface area contributed by atoms with Gasteiger partial charge in [-0.25, -0.2) is 15.0 Å². The molecule has 1 aliphatic rings. The van der Waals surface area contributed by atoms with Gasteiger partial charge < -0.3 is 0 Å². The van der Waals surface area contributed by atoms with Gasteiger partial charge in [0.05, 0.1) is 0 Å². The van der Waals surface area contributed by atoms with Gasteiger partial charge in [0.2, 0.25) is 0 Å². The van der Waals surface area contributed by atoms with Crippen LogP contribution < -0.4 is 0 Å². The van der Waals surface area contributed by atoms with Gasteiger partial charge in [-0.15, -0.1) is 11.3 Å². The zero-order valence-corrected chi connectivity index (χ0v) is 27.0. The third-order valence-electron chi connectivity index (χ3n) is 10.0. The maximum atomic E-state index is 5.33.